The van der Waals surface area contributed by atoms with Crippen molar-refractivity contribution in [2.45, 2.75) is 413 Å². The van der Waals surface area contributed by atoms with Crippen LogP contribution in [0.2, 0.25) is 0 Å². The van der Waals surface area contributed by atoms with Crippen LogP contribution in [0.25, 0.3) is 0 Å². The van der Waals surface area contributed by atoms with E-state index in [-0.39, 0.29) is 25.7 Å². The van der Waals surface area contributed by atoms with Gasteiger partial charge in [-0.2, -0.15) is 0 Å². The Balaban J connectivity index is 5.21. The molecule has 17 nitrogen and oxygen atoms in total. The van der Waals surface area contributed by atoms with E-state index in [1.54, 1.807) is 0 Å². The maximum Gasteiger partial charge on any atom is 0.472 e. The van der Waals surface area contributed by atoms with Crippen LogP contribution in [0.15, 0.2) is 0 Å². The van der Waals surface area contributed by atoms with Crippen molar-refractivity contribution >= 4 is 39.5 Å². The van der Waals surface area contributed by atoms with Crippen molar-refractivity contribution in [3.05, 3.63) is 0 Å². The van der Waals surface area contributed by atoms with Crippen LogP contribution >= 0.6 is 15.6 Å². The van der Waals surface area contributed by atoms with E-state index in [1.165, 1.54) is 212 Å². The number of esters is 4. The molecule has 0 spiro atoms. The third-order valence-corrected chi connectivity index (χ3v) is 19.6. The van der Waals surface area contributed by atoms with Gasteiger partial charge in [0, 0.05) is 25.7 Å². The summed E-state index contributed by atoms with van der Waals surface area (Å²) in [7, 11) is -9.91. The Morgan fingerprint density at radius 3 is 0.716 bits per heavy atom. The van der Waals surface area contributed by atoms with Crippen molar-refractivity contribution in [3.8, 4) is 0 Å². The lowest BCUT2D eigenvalue weighted by Gasteiger charge is -2.21. The van der Waals surface area contributed by atoms with Gasteiger partial charge >= 0.3 is 39.5 Å². The molecule has 2 unspecified atom stereocenters. The number of hydrogen-bond donors (Lipinski definition) is 3. The van der Waals surface area contributed by atoms with Gasteiger partial charge in [0.25, 0.3) is 0 Å². The minimum Gasteiger partial charge on any atom is -0.462 e. The van der Waals surface area contributed by atoms with Crippen LogP contribution < -0.4 is 0 Å². The summed E-state index contributed by atoms with van der Waals surface area (Å²) < 4.78 is 68.5. The first-order valence-corrected chi connectivity index (χ1v) is 42.5. The standard InChI is InChI=1S/C76H148O17P2/c1-7-9-11-13-15-17-19-21-22-23-24-25-26-27-28-30-34-43-49-55-61-76(81)92-71(64-86-73(78)58-52-46-40-35-31-32-38-44-50-56-68(3)4)66-90-94(82,83)88-62-70(77)63-89-95(84,85)91-67-72(65-87-74(79)59-53-47-41-37-36-39-45-51-57-69(5)6)93-75(80)60-54-48-42-33-29-20-18-16-14-12-10-8-2/h68-72,77H,7-67H2,1-6H3,(H,82,83)(H,84,85)/t70-,71-,72-/m1/s1. The number of unbranched alkanes of at least 4 members (excludes halogenated alkanes) is 45. The van der Waals surface area contributed by atoms with Gasteiger partial charge in [0.2, 0.25) is 0 Å². The lowest BCUT2D eigenvalue weighted by molar-refractivity contribution is -0.161. The molecule has 0 radical (unpaired) electrons. The van der Waals surface area contributed by atoms with Crippen LogP contribution in [0.3, 0.4) is 0 Å². The number of phosphoric ester groups is 2. The number of ether oxygens (including phenoxy) is 4. The van der Waals surface area contributed by atoms with E-state index in [0.29, 0.717) is 25.7 Å². The molecular weight excluding hydrogens is 1250 g/mol. The molecule has 0 aliphatic rings. The smallest absolute Gasteiger partial charge is 0.462 e. The molecule has 0 heterocycles. The minimum absolute atomic E-state index is 0.107. The molecule has 0 aromatic rings. The molecule has 5 atom stereocenters. The maximum atomic E-state index is 13.1. The first-order valence-electron chi connectivity index (χ1n) is 39.5. The van der Waals surface area contributed by atoms with Gasteiger partial charge in [-0.1, -0.05) is 343 Å². The highest BCUT2D eigenvalue weighted by molar-refractivity contribution is 7.47. The SMILES string of the molecule is CCCCCCCCCCCCCCCCCCCCCCC(=O)O[C@H](COC(=O)CCCCCCCCCCCC(C)C)COP(=O)(O)OC[C@@H](O)COP(=O)(O)OC[C@@H](COC(=O)CCCCCCCCCCC(C)C)OC(=O)CCCCCCCCCCCCCC. The van der Waals surface area contributed by atoms with Crippen LogP contribution in [0.4, 0.5) is 0 Å². The second-order valence-corrected chi connectivity index (χ2v) is 31.3. The second kappa shape index (κ2) is 67.9. The summed E-state index contributed by atoms with van der Waals surface area (Å²) in [6, 6.07) is 0. The number of phosphoric acid groups is 2. The molecule has 0 aliphatic heterocycles. The zero-order valence-corrected chi connectivity index (χ0v) is 63.8. The van der Waals surface area contributed by atoms with Crippen molar-refractivity contribution in [3.63, 3.8) is 0 Å². The number of aliphatic hydroxyl groups excluding tert-OH is 1. The highest BCUT2D eigenvalue weighted by Gasteiger charge is 2.30. The molecule has 0 fully saturated rings. The van der Waals surface area contributed by atoms with Crippen molar-refractivity contribution < 1.29 is 80.2 Å². The Kier molecular flexibility index (Phi) is 66.5. The zero-order valence-electron chi connectivity index (χ0n) is 62.0. The third-order valence-electron chi connectivity index (χ3n) is 17.7. The van der Waals surface area contributed by atoms with Crippen molar-refractivity contribution in [1.29, 1.82) is 0 Å². The molecule has 0 saturated heterocycles. The molecule has 0 aromatic carbocycles. The predicted molar refractivity (Wildman–Crippen MR) is 386 cm³/mol. The van der Waals surface area contributed by atoms with Gasteiger partial charge in [-0.05, 0) is 37.5 Å². The Labute approximate surface area is 581 Å². The molecular formula is C76H148O17P2. The fourth-order valence-electron chi connectivity index (χ4n) is 11.7. The topological polar surface area (TPSA) is 237 Å². The highest BCUT2D eigenvalue weighted by Crippen LogP contribution is 2.45. The summed E-state index contributed by atoms with van der Waals surface area (Å²) in [5.74, 6) is -0.646. The first-order chi connectivity index (χ1) is 45.9. The molecule has 19 heteroatoms. The Morgan fingerprint density at radius 1 is 0.284 bits per heavy atom. The molecule has 95 heavy (non-hydrogen) atoms. The van der Waals surface area contributed by atoms with Gasteiger partial charge in [-0.15, -0.1) is 0 Å². The summed E-state index contributed by atoms with van der Waals surface area (Å²) in [5.41, 5.74) is 0. The van der Waals surface area contributed by atoms with E-state index < -0.39 is 97.5 Å². The summed E-state index contributed by atoms with van der Waals surface area (Å²) in [4.78, 5) is 72.8. The molecule has 3 N–H and O–H groups in total. The molecule has 564 valence electrons. The normalized spacial score (nSPS) is 14.0. The lowest BCUT2D eigenvalue weighted by Crippen LogP contribution is -2.30. The van der Waals surface area contributed by atoms with Gasteiger partial charge in [0.1, 0.15) is 19.3 Å². The Hall–Kier alpha value is -1.94. The fourth-order valence-corrected chi connectivity index (χ4v) is 13.2. The second-order valence-electron chi connectivity index (χ2n) is 28.3. The quantitative estimate of drug-likeness (QED) is 0.0222. The number of aliphatic hydroxyl groups is 1. The van der Waals surface area contributed by atoms with E-state index in [1.807, 2.05) is 0 Å². The van der Waals surface area contributed by atoms with Crippen molar-refractivity contribution in [1.82, 2.24) is 0 Å². The minimum atomic E-state index is -4.96. The van der Waals surface area contributed by atoms with Crippen LogP contribution in [-0.2, 0) is 65.4 Å². The van der Waals surface area contributed by atoms with E-state index in [2.05, 4.69) is 41.5 Å². The average Bonchev–Trinajstić information content (AvgIpc) is 1.67. The molecule has 0 rings (SSSR count). The fraction of sp³-hybridized carbons (Fsp3) is 0.947. The van der Waals surface area contributed by atoms with Crippen LogP contribution in [0.1, 0.15) is 395 Å². The van der Waals surface area contributed by atoms with Crippen LogP contribution in [0.5, 0.6) is 0 Å². The van der Waals surface area contributed by atoms with Gasteiger partial charge in [-0.3, -0.25) is 37.3 Å². The van der Waals surface area contributed by atoms with Gasteiger partial charge in [0.05, 0.1) is 26.4 Å². The van der Waals surface area contributed by atoms with Gasteiger partial charge in [0.15, 0.2) is 12.2 Å². The van der Waals surface area contributed by atoms with E-state index in [4.69, 9.17) is 37.0 Å². The van der Waals surface area contributed by atoms with Gasteiger partial charge < -0.3 is 33.8 Å². The van der Waals surface area contributed by atoms with E-state index in [9.17, 15) is 43.2 Å². The van der Waals surface area contributed by atoms with Crippen LogP contribution in [-0.4, -0.2) is 96.7 Å². The molecule has 0 amide bonds. The number of carbonyl (C=O) groups excluding carboxylic acids is 4. The Morgan fingerprint density at radius 2 is 0.484 bits per heavy atom. The zero-order chi connectivity index (χ0) is 70.0. The van der Waals surface area contributed by atoms with Crippen molar-refractivity contribution in [2.24, 2.45) is 11.8 Å². The molecule has 0 aromatic heterocycles. The summed E-state index contributed by atoms with van der Waals surface area (Å²) >= 11 is 0. The number of hydrogen-bond acceptors (Lipinski definition) is 15. The lowest BCUT2D eigenvalue weighted by atomic mass is 10.0. The van der Waals surface area contributed by atoms with E-state index in [0.717, 1.165) is 102 Å². The average molecular weight is 1400 g/mol. The van der Waals surface area contributed by atoms with Gasteiger partial charge in [-0.25, -0.2) is 9.13 Å². The number of rotatable bonds is 75. The monoisotopic (exact) mass is 1400 g/mol. The summed E-state index contributed by atoms with van der Waals surface area (Å²) in [6.07, 6.45) is 55.6. The molecule has 0 aliphatic carbocycles. The molecule has 0 bridgehead atoms. The maximum absolute atomic E-state index is 13.1. The first kappa shape index (κ1) is 93.1. The predicted octanol–water partition coefficient (Wildman–Crippen LogP) is 22.3. The Bertz CT molecular complexity index is 1840. The van der Waals surface area contributed by atoms with E-state index >= 15 is 0 Å². The largest absolute Gasteiger partial charge is 0.472 e. The van der Waals surface area contributed by atoms with Crippen LogP contribution in [0, 0.1) is 11.8 Å². The summed E-state index contributed by atoms with van der Waals surface area (Å²) in [5, 5.41) is 10.6. The molecule has 0 saturated carbocycles. The number of carbonyl (C=O) groups is 4. The van der Waals surface area contributed by atoms with Crippen molar-refractivity contribution in [2.75, 3.05) is 39.6 Å². The highest BCUT2D eigenvalue weighted by atomic mass is 31.2. The summed E-state index contributed by atoms with van der Waals surface area (Å²) in [6.45, 7) is 9.54. The third kappa shape index (κ3) is 70.3.